The lowest BCUT2D eigenvalue weighted by molar-refractivity contribution is -0.134. The Hall–Kier alpha value is -3.48. The lowest BCUT2D eigenvalue weighted by Crippen LogP contribution is -2.29. The zero-order valence-electron chi connectivity index (χ0n) is 16.9. The summed E-state index contributed by atoms with van der Waals surface area (Å²) in [6.07, 6.45) is 2.67. The lowest BCUT2D eigenvalue weighted by Gasteiger charge is -2.19. The van der Waals surface area contributed by atoms with Crippen LogP contribution in [-0.4, -0.2) is 46.9 Å². The van der Waals surface area contributed by atoms with E-state index in [0.717, 1.165) is 11.3 Å². The molecule has 0 bridgehead atoms. The Morgan fingerprint density at radius 3 is 2.52 bits per heavy atom. The van der Waals surface area contributed by atoms with Gasteiger partial charge in [0.05, 0.1) is 14.2 Å². The van der Waals surface area contributed by atoms with Crippen LogP contribution in [0, 0.1) is 0 Å². The number of carbonyl (C=O) groups excluding carboxylic acids is 2. The van der Waals surface area contributed by atoms with Crippen molar-refractivity contribution < 1.29 is 23.8 Å². The average molecular weight is 396 g/mol. The van der Waals surface area contributed by atoms with Crippen LogP contribution < -0.4 is 19.3 Å². The maximum Gasteiger partial charge on any atom is 0.419 e. The van der Waals surface area contributed by atoms with Gasteiger partial charge in [-0.25, -0.2) is 9.59 Å². The van der Waals surface area contributed by atoms with Crippen LogP contribution in [0.5, 0.6) is 11.5 Å². The Morgan fingerprint density at radius 1 is 1.14 bits per heavy atom. The molecule has 2 aromatic carbocycles. The van der Waals surface area contributed by atoms with E-state index in [1.54, 1.807) is 50.6 Å². The first kappa shape index (κ1) is 20.3. The highest BCUT2D eigenvalue weighted by Crippen LogP contribution is 2.42. The molecule has 7 heteroatoms. The zero-order chi connectivity index (χ0) is 21.0. The number of hydrogen-bond donors (Lipinski definition) is 0. The van der Waals surface area contributed by atoms with Crippen LogP contribution in [0.25, 0.3) is 0 Å². The number of benzene rings is 2. The van der Waals surface area contributed by atoms with E-state index in [9.17, 15) is 9.59 Å². The number of ether oxygens (including phenoxy) is 3. The predicted octanol–water partition coefficient (Wildman–Crippen LogP) is 3.59. The van der Waals surface area contributed by atoms with Gasteiger partial charge >= 0.3 is 12.1 Å². The molecule has 1 aliphatic heterocycles. The van der Waals surface area contributed by atoms with Crippen molar-refractivity contribution in [2.75, 3.05) is 44.7 Å². The Kier molecular flexibility index (Phi) is 6.07. The number of rotatable bonds is 5. The van der Waals surface area contributed by atoms with Crippen molar-refractivity contribution in [1.82, 2.24) is 0 Å². The van der Waals surface area contributed by atoms with Crippen molar-refractivity contribution in [2.45, 2.75) is 5.92 Å². The summed E-state index contributed by atoms with van der Waals surface area (Å²) in [5.74, 6) is 0.663. The van der Waals surface area contributed by atoms with Crippen LogP contribution in [-0.2, 0) is 9.53 Å². The van der Waals surface area contributed by atoms with Crippen molar-refractivity contribution >= 4 is 23.4 Å². The number of anilines is 2. The second-order valence-electron chi connectivity index (χ2n) is 6.68. The van der Waals surface area contributed by atoms with Gasteiger partial charge in [0.25, 0.3) is 0 Å². The standard InChI is InChI=1S/C22H24N2O5/c1-23-14-15(8-13-20(25)28-4)21-18(23)6-5-7-19(21)29-22(26)24(2)16-9-11-17(27-3)12-10-16/h5-13,15H,14H2,1-4H3/b13-8+. The summed E-state index contributed by atoms with van der Waals surface area (Å²) in [4.78, 5) is 27.7. The first-order valence-electron chi connectivity index (χ1n) is 9.14. The highest BCUT2D eigenvalue weighted by atomic mass is 16.6. The molecule has 1 heterocycles. The van der Waals surface area contributed by atoms with E-state index in [1.807, 2.05) is 19.2 Å². The van der Waals surface area contributed by atoms with Crippen LogP contribution in [0.4, 0.5) is 16.2 Å². The second kappa shape index (κ2) is 8.68. The summed E-state index contributed by atoms with van der Waals surface area (Å²) in [6.45, 7) is 0.672. The zero-order valence-corrected chi connectivity index (χ0v) is 16.9. The highest BCUT2D eigenvalue weighted by molar-refractivity contribution is 5.89. The molecule has 0 aliphatic carbocycles. The monoisotopic (exact) mass is 396 g/mol. The molecular weight excluding hydrogens is 372 g/mol. The summed E-state index contributed by atoms with van der Waals surface area (Å²) in [5.41, 5.74) is 2.51. The molecule has 1 amide bonds. The summed E-state index contributed by atoms with van der Waals surface area (Å²) >= 11 is 0. The van der Waals surface area contributed by atoms with Gasteiger partial charge in [0.2, 0.25) is 0 Å². The molecule has 0 saturated carbocycles. The minimum Gasteiger partial charge on any atom is -0.497 e. The third-order valence-corrected chi connectivity index (χ3v) is 4.89. The quantitative estimate of drug-likeness (QED) is 0.568. The molecule has 3 rings (SSSR count). The molecule has 1 unspecified atom stereocenters. The van der Waals surface area contributed by atoms with Gasteiger partial charge in [-0.05, 0) is 36.4 Å². The number of esters is 1. The molecular formula is C22H24N2O5. The minimum absolute atomic E-state index is 0.0932. The molecule has 0 aromatic heterocycles. The fourth-order valence-electron chi connectivity index (χ4n) is 3.31. The summed E-state index contributed by atoms with van der Waals surface area (Å²) in [6, 6.07) is 12.7. The van der Waals surface area contributed by atoms with E-state index in [1.165, 1.54) is 18.1 Å². The molecule has 0 saturated heterocycles. The molecule has 1 atom stereocenters. The molecule has 0 radical (unpaired) electrons. The predicted molar refractivity (Wildman–Crippen MR) is 111 cm³/mol. The summed E-state index contributed by atoms with van der Waals surface area (Å²) in [5, 5.41) is 0. The van der Waals surface area contributed by atoms with E-state index in [2.05, 4.69) is 9.64 Å². The van der Waals surface area contributed by atoms with Crippen LogP contribution in [0.15, 0.2) is 54.6 Å². The molecule has 1 aliphatic rings. The van der Waals surface area contributed by atoms with E-state index in [-0.39, 0.29) is 5.92 Å². The third kappa shape index (κ3) is 4.34. The van der Waals surface area contributed by atoms with Gasteiger partial charge in [0.1, 0.15) is 11.5 Å². The Balaban J connectivity index is 1.83. The topological polar surface area (TPSA) is 68.3 Å². The van der Waals surface area contributed by atoms with Crippen molar-refractivity contribution in [3.63, 3.8) is 0 Å². The van der Waals surface area contributed by atoms with Gasteiger partial charge in [-0.2, -0.15) is 0 Å². The number of hydrogen-bond acceptors (Lipinski definition) is 6. The van der Waals surface area contributed by atoms with E-state index in [0.29, 0.717) is 23.7 Å². The fraction of sp³-hybridized carbons (Fsp3) is 0.273. The largest absolute Gasteiger partial charge is 0.497 e. The Labute approximate surface area is 170 Å². The van der Waals surface area contributed by atoms with Gasteiger partial charge in [0, 0.05) is 49.6 Å². The maximum absolute atomic E-state index is 12.7. The SMILES string of the molecule is COC(=O)/C=C/C1CN(C)c2cccc(OC(=O)N(C)c3ccc(OC)cc3)c21. The molecule has 2 aromatic rings. The molecule has 7 nitrogen and oxygen atoms in total. The van der Waals surface area contributed by atoms with Crippen LogP contribution in [0.3, 0.4) is 0 Å². The summed E-state index contributed by atoms with van der Waals surface area (Å²) in [7, 11) is 6.53. The molecule has 0 fully saturated rings. The number of carbonyl (C=O) groups is 2. The molecule has 0 N–H and O–H groups in total. The molecule has 0 spiro atoms. The van der Waals surface area contributed by atoms with Crippen molar-refractivity contribution in [3.05, 3.63) is 60.2 Å². The third-order valence-electron chi connectivity index (χ3n) is 4.89. The average Bonchev–Trinajstić information content (AvgIpc) is 3.08. The van der Waals surface area contributed by atoms with E-state index < -0.39 is 12.1 Å². The number of likely N-dealkylation sites (N-methyl/N-ethyl adjacent to an activating group) is 1. The van der Waals surface area contributed by atoms with Crippen LogP contribution in [0.1, 0.15) is 11.5 Å². The number of fused-ring (bicyclic) bond motifs is 1. The second-order valence-corrected chi connectivity index (χ2v) is 6.68. The number of nitrogens with zero attached hydrogens (tertiary/aromatic N) is 2. The van der Waals surface area contributed by atoms with Crippen LogP contribution >= 0.6 is 0 Å². The van der Waals surface area contributed by atoms with Crippen molar-refractivity contribution in [3.8, 4) is 11.5 Å². The maximum atomic E-state index is 12.7. The number of methoxy groups -OCH3 is 2. The summed E-state index contributed by atoms with van der Waals surface area (Å²) < 4.78 is 15.5. The van der Waals surface area contributed by atoms with Gasteiger partial charge < -0.3 is 19.1 Å². The molecule has 29 heavy (non-hydrogen) atoms. The normalized spacial score (nSPS) is 15.2. The van der Waals surface area contributed by atoms with E-state index >= 15 is 0 Å². The Bertz CT molecular complexity index is 923. The van der Waals surface area contributed by atoms with Crippen LogP contribution in [0.2, 0.25) is 0 Å². The lowest BCUT2D eigenvalue weighted by atomic mass is 9.99. The molecule has 152 valence electrons. The van der Waals surface area contributed by atoms with Gasteiger partial charge in [-0.1, -0.05) is 12.1 Å². The Morgan fingerprint density at radius 2 is 1.86 bits per heavy atom. The number of amides is 1. The van der Waals surface area contributed by atoms with Gasteiger partial charge in [-0.15, -0.1) is 0 Å². The van der Waals surface area contributed by atoms with E-state index in [4.69, 9.17) is 9.47 Å². The highest BCUT2D eigenvalue weighted by Gasteiger charge is 2.29. The van der Waals surface area contributed by atoms with Gasteiger partial charge in [0.15, 0.2) is 0 Å². The first-order valence-corrected chi connectivity index (χ1v) is 9.14. The fourth-order valence-corrected chi connectivity index (χ4v) is 3.31. The first-order chi connectivity index (χ1) is 13.9. The smallest absolute Gasteiger partial charge is 0.419 e. The van der Waals surface area contributed by atoms with Crippen molar-refractivity contribution in [2.24, 2.45) is 0 Å². The minimum atomic E-state index is -0.506. The van der Waals surface area contributed by atoms with Crippen molar-refractivity contribution in [1.29, 1.82) is 0 Å². The van der Waals surface area contributed by atoms with Gasteiger partial charge in [-0.3, -0.25) is 4.90 Å².